The largest absolute Gasteiger partial charge is 0.333 e. The van der Waals surface area contributed by atoms with Gasteiger partial charge in [0, 0.05) is 6.04 Å². The average molecular weight is 453 g/mol. The second-order valence-electron chi connectivity index (χ2n) is 11.8. The number of hydrogen-bond donors (Lipinski definition) is 2. The molecule has 3 aliphatic rings. The van der Waals surface area contributed by atoms with Crippen molar-refractivity contribution in [1.82, 2.24) is 0 Å². The molecule has 6 unspecified atom stereocenters. The first-order chi connectivity index (χ1) is 14.8. The van der Waals surface area contributed by atoms with Gasteiger partial charge in [0.25, 0.3) is 0 Å². The summed E-state index contributed by atoms with van der Waals surface area (Å²) in [5, 5.41) is 0. The highest BCUT2D eigenvalue weighted by atomic mass is 14.6. The molecular formula is C30H64N2. The summed E-state index contributed by atoms with van der Waals surface area (Å²) < 4.78 is 0. The van der Waals surface area contributed by atoms with Gasteiger partial charge in [0.15, 0.2) is 0 Å². The Balaban J connectivity index is 0.00000182. The van der Waals surface area contributed by atoms with Crippen LogP contribution in [0.25, 0.3) is 0 Å². The second-order valence-corrected chi connectivity index (χ2v) is 11.8. The zero-order valence-electron chi connectivity index (χ0n) is 22.8. The van der Waals surface area contributed by atoms with Crippen LogP contribution in [0.2, 0.25) is 0 Å². The van der Waals surface area contributed by atoms with Crippen molar-refractivity contribution in [2.24, 2.45) is 51.9 Å². The molecule has 0 bridgehead atoms. The molecule has 0 aromatic rings. The van der Waals surface area contributed by atoms with E-state index in [2.05, 4.69) is 40.4 Å². The van der Waals surface area contributed by atoms with Crippen molar-refractivity contribution in [3.63, 3.8) is 0 Å². The lowest BCUT2D eigenvalue weighted by Gasteiger charge is -2.49. The molecule has 32 heavy (non-hydrogen) atoms. The molecule has 2 heteroatoms. The highest BCUT2D eigenvalue weighted by Crippen LogP contribution is 2.60. The third kappa shape index (κ3) is 7.72. The quantitative estimate of drug-likeness (QED) is 0.405. The molecule has 3 saturated carbocycles. The van der Waals surface area contributed by atoms with Crippen LogP contribution in [-0.4, -0.2) is 13.1 Å². The number of rotatable bonds is 7. The van der Waals surface area contributed by atoms with Crippen LogP contribution in [0.1, 0.15) is 139 Å². The first-order valence-corrected chi connectivity index (χ1v) is 14.1. The van der Waals surface area contributed by atoms with E-state index >= 15 is 0 Å². The Morgan fingerprint density at radius 1 is 0.906 bits per heavy atom. The molecule has 7 atom stereocenters. The topological polar surface area (TPSA) is 52.0 Å². The maximum absolute atomic E-state index is 6.10. The van der Waals surface area contributed by atoms with Crippen LogP contribution in [0.4, 0.5) is 0 Å². The fraction of sp³-hybridized carbons (Fsp3) is 1.00. The maximum Gasteiger partial charge on any atom is 0.00105 e. The molecule has 0 saturated heterocycles. The third-order valence-corrected chi connectivity index (χ3v) is 9.72. The van der Waals surface area contributed by atoms with E-state index in [4.69, 9.17) is 5.73 Å². The molecule has 0 amide bonds. The van der Waals surface area contributed by atoms with Crippen LogP contribution in [-0.2, 0) is 0 Å². The smallest absolute Gasteiger partial charge is 0.00105 e. The number of hydrogen-bond acceptors (Lipinski definition) is 2. The normalized spacial score (nSPS) is 35.1. The van der Waals surface area contributed by atoms with Gasteiger partial charge in [-0.3, -0.25) is 0 Å². The molecular weight excluding hydrogens is 388 g/mol. The average Bonchev–Trinajstić information content (AvgIpc) is 3.10. The fourth-order valence-electron chi connectivity index (χ4n) is 8.07. The Morgan fingerprint density at radius 3 is 2.12 bits per heavy atom. The van der Waals surface area contributed by atoms with Crippen molar-refractivity contribution >= 4 is 0 Å². The van der Waals surface area contributed by atoms with Gasteiger partial charge in [-0.25, -0.2) is 0 Å². The fourth-order valence-corrected chi connectivity index (χ4v) is 8.07. The van der Waals surface area contributed by atoms with Crippen molar-refractivity contribution in [3.05, 3.63) is 0 Å². The minimum absolute atomic E-state index is 0. The van der Waals surface area contributed by atoms with Crippen LogP contribution in [0.5, 0.6) is 0 Å². The molecule has 0 aromatic heterocycles. The van der Waals surface area contributed by atoms with E-state index < -0.39 is 0 Å². The molecule has 0 spiro atoms. The Morgan fingerprint density at radius 2 is 1.56 bits per heavy atom. The SMILES string of the molecule is C.CC.CC[C@@H](CC1CCCC2(C)C(CCC(C)N)CCC12)C1CCCCC1(C)C.CN. The lowest BCUT2D eigenvalue weighted by atomic mass is 9.56. The van der Waals surface area contributed by atoms with Gasteiger partial charge in [0.05, 0.1) is 0 Å². The lowest BCUT2D eigenvalue weighted by molar-refractivity contribution is 0.0107. The van der Waals surface area contributed by atoms with E-state index in [1.807, 2.05) is 13.8 Å². The van der Waals surface area contributed by atoms with Crippen molar-refractivity contribution in [2.45, 2.75) is 145 Å². The Labute approximate surface area is 204 Å². The highest BCUT2D eigenvalue weighted by molar-refractivity contribution is 5.01. The van der Waals surface area contributed by atoms with E-state index in [1.54, 1.807) is 0 Å². The van der Waals surface area contributed by atoms with Crippen LogP contribution >= 0.6 is 0 Å². The first kappa shape index (κ1) is 31.9. The molecule has 2 nitrogen and oxygen atoms in total. The summed E-state index contributed by atoms with van der Waals surface area (Å²) in [5.74, 6) is 4.90. The summed E-state index contributed by atoms with van der Waals surface area (Å²) in [5.41, 5.74) is 11.8. The predicted octanol–water partition coefficient (Wildman–Crippen LogP) is 8.82. The summed E-state index contributed by atoms with van der Waals surface area (Å²) in [6.45, 7) is 16.5. The van der Waals surface area contributed by atoms with Crippen molar-refractivity contribution in [3.8, 4) is 0 Å². The zero-order valence-corrected chi connectivity index (χ0v) is 22.8. The van der Waals surface area contributed by atoms with Crippen molar-refractivity contribution < 1.29 is 0 Å². The number of fused-ring (bicyclic) bond motifs is 1. The van der Waals surface area contributed by atoms with Gasteiger partial charge in [-0.1, -0.05) is 81.1 Å². The predicted molar refractivity (Wildman–Crippen MR) is 147 cm³/mol. The summed E-state index contributed by atoms with van der Waals surface area (Å²) in [4.78, 5) is 0. The van der Waals surface area contributed by atoms with E-state index in [0.29, 0.717) is 16.9 Å². The van der Waals surface area contributed by atoms with Gasteiger partial charge in [0.1, 0.15) is 0 Å². The summed E-state index contributed by atoms with van der Waals surface area (Å²) in [6.07, 6.45) is 18.9. The highest BCUT2D eigenvalue weighted by Gasteiger charge is 2.51. The Kier molecular flexibility index (Phi) is 15.0. The molecule has 0 aromatic carbocycles. The summed E-state index contributed by atoms with van der Waals surface area (Å²) in [7, 11) is 1.50. The lowest BCUT2D eigenvalue weighted by Crippen LogP contribution is -2.40. The summed E-state index contributed by atoms with van der Waals surface area (Å²) >= 11 is 0. The van der Waals surface area contributed by atoms with Crippen LogP contribution in [0.3, 0.4) is 0 Å². The monoisotopic (exact) mass is 453 g/mol. The van der Waals surface area contributed by atoms with Crippen molar-refractivity contribution in [2.75, 3.05) is 7.05 Å². The van der Waals surface area contributed by atoms with Crippen molar-refractivity contribution in [1.29, 1.82) is 0 Å². The Bertz CT molecular complexity index is 471. The molecule has 194 valence electrons. The van der Waals surface area contributed by atoms with E-state index in [9.17, 15) is 0 Å². The van der Waals surface area contributed by atoms with E-state index in [-0.39, 0.29) is 7.43 Å². The minimum Gasteiger partial charge on any atom is -0.333 e. The molecule has 0 radical (unpaired) electrons. The molecule has 3 aliphatic carbocycles. The van der Waals surface area contributed by atoms with Crippen LogP contribution in [0, 0.1) is 40.4 Å². The Hall–Kier alpha value is -0.0800. The van der Waals surface area contributed by atoms with Gasteiger partial charge >= 0.3 is 0 Å². The maximum atomic E-state index is 6.10. The van der Waals surface area contributed by atoms with Gasteiger partial charge < -0.3 is 11.5 Å². The standard InChI is InChI=1S/C26H49N.C2H6.CH5N.CH4/c1-6-20(23-11-7-8-16-25(23,3)4)18-21-10-9-17-26(5)22(13-12-19(2)27)14-15-24(21)26;2*1-2;/h19-24H,6-18,27H2,1-5H3;1-2H3;2H2,1H3;1H4/t19?,20-,21?,22?,23?,24?,26?;;;/m0.../s1. The van der Waals surface area contributed by atoms with E-state index in [0.717, 1.165) is 29.6 Å². The second kappa shape index (κ2) is 15.0. The molecule has 0 aliphatic heterocycles. The van der Waals surface area contributed by atoms with Gasteiger partial charge in [-0.15, -0.1) is 0 Å². The minimum atomic E-state index is 0. The molecule has 0 heterocycles. The number of nitrogens with two attached hydrogens (primary N) is 2. The molecule has 3 rings (SSSR count). The van der Waals surface area contributed by atoms with Gasteiger partial charge in [-0.05, 0) is 106 Å². The van der Waals surface area contributed by atoms with Crippen LogP contribution in [0.15, 0.2) is 0 Å². The first-order valence-electron chi connectivity index (χ1n) is 14.1. The molecule has 4 N–H and O–H groups in total. The zero-order chi connectivity index (χ0) is 23.7. The van der Waals surface area contributed by atoms with E-state index in [1.165, 1.54) is 90.5 Å². The van der Waals surface area contributed by atoms with Gasteiger partial charge in [0.2, 0.25) is 0 Å². The van der Waals surface area contributed by atoms with Gasteiger partial charge in [-0.2, -0.15) is 0 Å². The third-order valence-electron chi connectivity index (χ3n) is 9.72. The molecule has 3 fully saturated rings. The summed E-state index contributed by atoms with van der Waals surface area (Å²) in [6, 6.07) is 0.380. The van der Waals surface area contributed by atoms with Crippen LogP contribution < -0.4 is 11.5 Å².